The van der Waals surface area contributed by atoms with E-state index in [4.69, 9.17) is 9.41 Å². The second-order valence-electron chi connectivity index (χ2n) is 6.20. The molecule has 1 unspecified atom stereocenters. The molecule has 1 atom stereocenters. The Morgan fingerprint density at radius 3 is 2.83 bits per heavy atom. The van der Waals surface area contributed by atoms with E-state index in [0.29, 0.717) is 19.0 Å². The van der Waals surface area contributed by atoms with Crippen molar-refractivity contribution < 1.29 is 14.0 Å². The Bertz CT molecular complexity index is 592. The zero-order valence-corrected chi connectivity index (χ0v) is 14.4. The van der Waals surface area contributed by atoms with Gasteiger partial charge >= 0.3 is 0 Å². The smallest absolute Gasteiger partial charge is 0.286 e. The van der Waals surface area contributed by atoms with Crippen LogP contribution in [0.3, 0.4) is 0 Å². The van der Waals surface area contributed by atoms with Crippen LogP contribution < -0.4 is 10.6 Å². The molecule has 0 aromatic carbocycles. The van der Waals surface area contributed by atoms with Gasteiger partial charge in [-0.05, 0) is 31.4 Å². The normalized spacial score (nSPS) is 23.9. The monoisotopic (exact) mass is 349 g/mol. The summed E-state index contributed by atoms with van der Waals surface area (Å²) in [5, 5.41) is 6.21. The Hall–Kier alpha value is -1.76. The second-order valence-corrected chi connectivity index (χ2v) is 7.39. The van der Waals surface area contributed by atoms with E-state index in [9.17, 15) is 9.59 Å². The summed E-state index contributed by atoms with van der Waals surface area (Å²) in [7, 11) is 0. The van der Waals surface area contributed by atoms with Crippen LogP contribution in [0.5, 0.6) is 0 Å². The number of carbonyl (C=O) groups excluding carboxylic acids is 2. The first kappa shape index (κ1) is 17.1. The van der Waals surface area contributed by atoms with Crippen LogP contribution in [0.2, 0.25) is 0 Å². The first-order chi connectivity index (χ1) is 11.7. The van der Waals surface area contributed by atoms with E-state index in [2.05, 4.69) is 10.6 Å². The number of thioether (sulfide) groups is 1. The van der Waals surface area contributed by atoms with Gasteiger partial charge in [0.15, 0.2) is 10.9 Å². The fraction of sp³-hybridized carbons (Fsp3) is 0.588. The van der Waals surface area contributed by atoms with Crippen molar-refractivity contribution in [1.29, 1.82) is 0 Å². The molecular formula is C17H23N3O3S. The molecule has 0 bridgehead atoms. The van der Waals surface area contributed by atoms with Crippen molar-refractivity contribution in [1.82, 2.24) is 10.6 Å². The van der Waals surface area contributed by atoms with Gasteiger partial charge in [0, 0.05) is 6.54 Å². The van der Waals surface area contributed by atoms with Crippen molar-refractivity contribution in [3.63, 3.8) is 0 Å². The van der Waals surface area contributed by atoms with Gasteiger partial charge in [0.25, 0.3) is 5.91 Å². The maximum absolute atomic E-state index is 12.1. The fourth-order valence-electron chi connectivity index (χ4n) is 3.02. The van der Waals surface area contributed by atoms with E-state index in [0.717, 1.165) is 18.0 Å². The summed E-state index contributed by atoms with van der Waals surface area (Å²) in [6.45, 7) is 0.432. The molecule has 1 saturated heterocycles. The summed E-state index contributed by atoms with van der Waals surface area (Å²) >= 11 is 1.48. The van der Waals surface area contributed by atoms with Gasteiger partial charge in [-0.3, -0.25) is 14.6 Å². The highest BCUT2D eigenvalue weighted by atomic mass is 32.2. The van der Waals surface area contributed by atoms with Gasteiger partial charge in [-0.2, -0.15) is 0 Å². The van der Waals surface area contributed by atoms with Gasteiger partial charge in [-0.15, -0.1) is 0 Å². The van der Waals surface area contributed by atoms with Crippen LogP contribution in [-0.2, 0) is 4.79 Å². The van der Waals surface area contributed by atoms with Crippen molar-refractivity contribution in [3.05, 3.63) is 24.2 Å². The van der Waals surface area contributed by atoms with Crippen LogP contribution in [0.4, 0.5) is 0 Å². The summed E-state index contributed by atoms with van der Waals surface area (Å²) in [5.41, 5.74) is 0. The van der Waals surface area contributed by atoms with Crippen molar-refractivity contribution in [2.45, 2.75) is 56.2 Å². The summed E-state index contributed by atoms with van der Waals surface area (Å²) in [4.78, 5) is 28.6. The molecular weight excluding hydrogens is 326 g/mol. The molecule has 1 saturated carbocycles. The highest BCUT2D eigenvalue weighted by molar-refractivity contribution is 8.15. The second kappa shape index (κ2) is 8.37. The number of nitrogens with zero attached hydrogens (tertiary/aromatic N) is 1. The summed E-state index contributed by atoms with van der Waals surface area (Å²) < 4.78 is 5.04. The van der Waals surface area contributed by atoms with Crippen molar-refractivity contribution in [2.24, 2.45) is 4.99 Å². The maximum atomic E-state index is 12.1. The third-order valence-electron chi connectivity index (χ3n) is 4.34. The number of nitrogens with one attached hydrogen (secondary N) is 2. The van der Waals surface area contributed by atoms with E-state index in [1.807, 2.05) is 0 Å². The molecule has 6 nitrogen and oxygen atoms in total. The Balaban J connectivity index is 1.45. The number of hydrogen-bond donors (Lipinski definition) is 2. The molecule has 1 aromatic rings. The Morgan fingerprint density at radius 2 is 2.12 bits per heavy atom. The topological polar surface area (TPSA) is 83.7 Å². The molecule has 0 radical (unpaired) electrons. The molecule has 2 fully saturated rings. The molecule has 0 spiro atoms. The van der Waals surface area contributed by atoms with Gasteiger partial charge in [0.1, 0.15) is 0 Å². The largest absolute Gasteiger partial charge is 0.459 e. The molecule has 2 N–H and O–H groups in total. The van der Waals surface area contributed by atoms with E-state index in [-0.39, 0.29) is 22.8 Å². The Labute approximate surface area is 145 Å². The average molecular weight is 349 g/mol. The minimum Gasteiger partial charge on any atom is -0.459 e. The molecule has 1 aliphatic carbocycles. The Morgan fingerprint density at radius 1 is 1.33 bits per heavy atom. The van der Waals surface area contributed by atoms with Crippen LogP contribution in [0.15, 0.2) is 27.8 Å². The molecule has 7 heteroatoms. The minimum atomic E-state index is -0.254. The highest BCUT2D eigenvalue weighted by Crippen LogP contribution is 2.25. The predicted molar refractivity (Wildman–Crippen MR) is 94.1 cm³/mol. The number of furan rings is 1. The van der Waals surface area contributed by atoms with E-state index in [1.165, 1.54) is 43.7 Å². The van der Waals surface area contributed by atoms with E-state index >= 15 is 0 Å². The standard InChI is InChI=1S/C17H23N3O3S/c21-15(13-8-5-11-23-13)18-10-9-14-16(22)20-17(24-14)19-12-6-3-1-2-4-7-12/h5,8,11-12,14H,1-4,6-7,9-10H2,(H,18,21)(H,19,20,22). The van der Waals surface area contributed by atoms with Gasteiger partial charge in [-0.25, -0.2) is 0 Å². The predicted octanol–water partition coefficient (Wildman–Crippen LogP) is 2.71. The number of rotatable bonds is 5. The SMILES string of the molecule is O=C(NCCC1SC(=NC2CCCCCC2)NC1=O)c1ccco1. The number of amidine groups is 1. The summed E-state index contributed by atoms with van der Waals surface area (Å²) in [6, 6.07) is 3.63. The third kappa shape index (κ3) is 4.63. The van der Waals surface area contributed by atoms with Crippen LogP contribution in [0.25, 0.3) is 0 Å². The van der Waals surface area contributed by atoms with Crippen molar-refractivity contribution in [3.8, 4) is 0 Å². The summed E-state index contributed by atoms with van der Waals surface area (Å²) in [6.07, 6.45) is 9.30. The lowest BCUT2D eigenvalue weighted by molar-refractivity contribution is -0.118. The zero-order valence-electron chi connectivity index (χ0n) is 13.6. The average Bonchev–Trinajstić information content (AvgIpc) is 3.13. The minimum absolute atomic E-state index is 0.0142. The highest BCUT2D eigenvalue weighted by Gasteiger charge is 2.30. The number of hydrogen-bond acceptors (Lipinski definition) is 5. The molecule has 3 rings (SSSR count). The van der Waals surface area contributed by atoms with Crippen LogP contribution in [0, 0.1) is 0 Å². The lowest BCUT2D eigenvalue weighted by atomic mass is 10.1. The van der Waals surface area contributed by atoms with Crippen LogP contribution >= 0.6 is 11.8 Å². The first-order valence-corrected chi connectivity index (χ1v) is 9.47. The number of aliphatic imine (C=N–C) groups is 1. The van der Waals surface area contributed by atoms with E-state index in [1.54, 1.807) is 12.1 Å². The van der Waals surface area contributed by atoms with Crippen molar-refractivity contribution in [2.75, 3.05) is 6.54 Å². The van der Waals surface area contributed by atoms with Gasteiger partial charge in [0.2, 0.25) is 5.91 Å². The number of amides is 2. The molecule has 2 heterocycles. The fourth-order valence-corrected chi connectivity index (χ4v) is 4.06. The molecule has 130 valence electrons. The number of carbonyl (C=O) groups is 2. The van der Waals surface area contributed by atoms with Gasteiger partial charge < -0.3 is 15.1 Å². The van der Waals surface area contributed by atoms with Crippen molar-refractivity contribution >= 4 is 28.7 Å². The van der Waals surface area contributed by atoms with Gasteiger partial charge in [-0.1, -0.05) is 37.4 Å². The van der Waals surface area contributed by atoms with Gasteiger partial charge in [0.05, 0.1) is 17.6 Å². The third-order valence-corrected chi connectivity index (χ3v) is 5.50. The lowest BCUT2D eigenvalue weighted by Crippen LogP contribution is -2.30. The lowest BCUT2D eigenvalue weighted by Gasteiger charge is -2.09. The van der Waals surface area contributed by atoms with Crippen LogP contribution in [0.1, 0.15) is 55.5 Å². The molecule has 2 aliphatic rings. The quantitative estimate of drug-likeness (QED) is 0.801. The van der Waals surface area contributed by atoms with E-state index < -0.39 is 0 Å². The van der Waals surface area contributed by atoms with Crippen LogP contribution in [-0.4, -0.2) is 34.8 Å². The molecule has 2 amide bonds. The first-order valence-electron chi connectivity index (χ1n) is 8.59. The maximum Gasteiger partial charge on any atom is 0.286 e. The molecule has 1 aromatic heterocycles. The molecule has 24 heavy (non-hydrogen) atoms. The summed E-state index contributed by atoms with van der Waals surface area (Å²) in [5.74, 6) is 0.0181. The molecule has 1 aliphatic heterocycles. The zero-order chi connectivity index (χ0) is 16.8. The Kier molecular flexibility index (Phi) is 5.96.